The zero-order valence-corrected chi connectivity index (χ0v) is 15.5. The molecule has 2 N–H and O–H groups in total. The Hall–Kier alpha value is -2.90. The summed E-state index contributed by atoms with van der Waals surface area (Å²) in [6.45, 7) is 0.374. The van der Waals surface area contributed by atoms with Gasteiger partial charge in [0.15, 0.2) is 0 Å². The molecule has 3 amide bonds. The molecule has 0 bridgehead atoms. The van der Waals surface area contributed by atoms with Gasteiger partial charge in [-0.3, -0.25) is 14.4 Å². The molecule has 2 fully saturated rings. The van der Waals surface area contributed by atoms with Gasteiger partial charge in [0.05, 0.1) is 11.4 Å². The lowest BCUT2D eigenvalue weighted by atomic mass is 9.94. The maximum atomic E-state index is 12.7. The first-order valence-corrected chi connectivity index (χ1v) is 9.67. The van der Waals surface area contributed by atoms with Crippen molar-refractivity contribution in [1.82, 2.24) is 4.90 Å². The van der Waals surface area contributed by atoms with Gasteiger partial charge in [0.25, 0.3) is 0 Å². The van der Waals surface area contributed by atoms with Gasteiger partial charge in [0.1, 0.15) is 12.6 Å². The number of likely N-dealkylation sites (tertiary alicyclic amines) is 1. The monoisotopic (exact) mass is 385 g/mol. The lowest BCUT2D eigenvalue weighted by Crippen LogP contribution is -2.44. The number of carbonyl (C=O) groups is 4. The van der Waals surface area contributed by atoms with Crippen molar-refractivity contribution in [2.45, 2.75) is 38.1 Å². The Morgan fingerprint density at radius 1 is 1.11 bits per heavy atom. The summed E-state index contributed by atoms with van der Waals surface area (Å²) in [6.07, 6.45) is 2.69. The lowest BCUT2D eigenvalue weighted by Gasteiger charge is -2.29. The molecule has 1 aromatic rings. The molecule has 8 nitrogen and oxygen atoms in total. The van der Waals surface area contributed by atoms with E-state index in [4.69, 9.17) is 0 Å². The van der Waals surface area contributed by atoms with Crippen LogP contribution in [-0.2, 0) is 19.2 Å². The Bertz CT molecular complexity index is 839. The maximum Gasteiger partial charge on any atom is 0.326 e. The van der Waals surface area contributed by atoms with Gasteiger partial charge in [-0.1, -0.05) is 18.6 Å². The molecule has 1 aromatic carbocycles. The zero-order valence-electron chi connectivity index (χ0n) is 15.5. The summed E-state index contributed by atoms with van der Waals surface area (Å²) >= 11 is 0. The number of carbonyl (C=O) groups excluding carboxylic acids is 3. The minimum Gasteiger partial charge on any atom is -0.480 e. The number of rotatable bonds is 4. The molecule has 4 rings (SSSR count). The summed E-state index contributed by atoms with van der Waals surface area (Å²) in [6, 6.07) is 6.24. The highest BCUT2D eigenvalue weighted by atomic mass is 16.4. The van der Waals surface area contributed by atoms with Crippen LogP contribution in [0.2, 0.25) is 0 Å². The number of carboxylic acids is 1. The van der Waals surface area contributed by atoms with Crippen LogP contribution in [0.25, 0.3) is 0 Å². The normalized spacial score (nSPS) is 25.9. The Morgan fingerprint density at radius 3 is 2.64 bits per heavy atom. The zero-order chi connectivity index (χ0) is 19.8. The van der Waals surface area contributed by atoms with E-state index in [9.17, 15) is 24.3 Å². The summed E-state index contributed by atoms with van der Waals surface area (Å²) in [5, 5.41) is 12.3. The quantitative estimate of drug-likeness (QED) is 0.816. The predicted octanol–water partition coefficient (Wildman–Crippen LogP) is 1.46. The molecule has 3 atom stereocenters. The average molecular weight is 385 g/mol. The average Bonchev–Trinajstić information content (AvgIpc) is 3.25. The smallest absolute Gasteiger partial charge is 0.326 e. The SMILES string of the molecule is O=C1CN(C(=O)CCC(=O)N2CC3CCCC3C2C(=O)O)c2ccccc2N1. The van der Waals surface area contributed by atoms with Gasteiger partial charge in [-0.25, -0.2) is 4.79 Å². The molecule has 0 spiro atoms. The van der Waals surface area contributed by atoms with Gasteiger partial charge < -0.3 is 20.2 Å². The van der Waals surface area contributed by atoms with Crippen LogP contribution >= 0.6 is 0 Å². The second-order valence-corrected chi connectivity index (χ2v) is 7.73. The van der Waals surface area contributed by atoms with Gasteiger partial charge in [0.2, 0.25) is 17.7 Å². The van der Waals surface area contributed by atoms with Gasteiger partial charge >= 0.3 is 5.97 Å². The van der Waals surface area contributed by atoms with Crippen molar-refractivity contribution in [2.24, 2.45) is 11.8 Å². The number of carboxylic acid groups (broad SMARTS) is 1. The van der Waals surface area contributed by atoms with Gasteiger partial charge in [-0.15, -0.1) is 0 Å². The minimum absolute atomic E-state index is 0.0230. The van der Waals surface area contributed by atoms with E-state index in [2.05, 4.69) is 5.32 Å². The molecule has 28 heavy (non-hydrogen) atoms. The number of benzene rings is 1. The van der Waals surface area contributed by atoms with Crippen LogP contribution in [0, 0.1) is 11.8 Å². The molecule has 1 aliphatic carbocycles. The van der Waals surface area contributed by atoms with E-state index in [1.165, 1.54) is 9.80 Å². The minimum atomic E-state index is -0.962. The number of amides is 3. The van der Waals surface area contributed by atoms with Gasteiger partial charge in [0, 0.05) is 19.4 Å². The molecule has 2 aliphatic heterocycles. The molecular formula is C20H23N3O5. The summed E-state index contributed by atoms with van der Waals surface area (Å²) in [5.74, 6) is -1.59. The number of hydrogen-bond acceptors (Lipinski definition) is 4. The lowest BCUT2D eigenvalue weighted by molar-refractivity contribution is -0.149. The van der Waals surface area contributed by atoms with Crippen molar-refractivity contribution in [3.05, 3.63) is 24.3 Å². The molecule has 1 saturated heterocycles. The van der Waals surface area contributed by atoms with Gasteiger partial charge in [-0.05, 0) is 36.8 Å². The number of fused-ring (bicyclic) bond motifs is 2. The summed E-state index contributed by atoms with van der Waals surface area (Å²) in [4.78, 5) is 51.8. The van der Waals surface area contributed by atoms with Crippen molar-refractivity contribution >= 4 is 35.1 Å². The van der Waals surface area contributed by atoms with Crippen molar-refractivity contribution in [3.8, 4) is 0 Å². The van der Waals surface area contributed by atoms with E-state index in [1.54, 1.807) is 24.3 Å². The van der Waals surface area contributed by atoms with Crippen LogP contribution in [-0.4, -0.2) is 52.8 Å². The van der Waals surface area contributed by atoms with Gasteiger partial charge in [-0.2, -0.15) is 0 Å². The van der Waals surface area contributed by atoms with E-state index in [-0.39, 0.29) is 48.9 Å². The summed E-state index contributed by atoms with van der Waals surface area (Å²) in [5.41, 5.74) is 1.18. The Labute approximate surface area is 162 Å². The van der Waals surface area contributed by atoms with Crippen LogP contribution < -0.4 is 10.2 Å². The van der Waals surface area contributed by atoms with E-state index in [1.807, 2.05) is 0 Å². The first kappa shape index (κ1) is 18.5. The van der Waals surface area contributed by atoms with Crippen molar-refractivity contribution < 1.29 is 24.3 Å². The highest BCUT2D eigenvalue weighted by Gasteiger charge is 2.49. The van der Waals surface area contributed by atoms with Crippen LogP contribution in [0.15, 0.2) is 24.3 Å². The highest BCUT2D eigenvalue weighted by Crippen LogP contribution is 2.42. The van der Waals surface area contributed by atoms with E-state index >= 15 is 0 Å². The number of aliphatic carboxylic acids is 1. The molecule has 1 saturated carbocycles. The predicted molar refractivity (Wildman–Crippen MR) is 101 cm³/mol. The van der Waals surface area contributed by atoms with E-state index in [0.717, 1.165) is 19.3 Å². The fraction of sp³-hybridized carbons (Fsp3) is 0.500. The number of anilines is 2. The van der Waals surface area contributed by atoms with Crippen LogP contribution in [0.3, 0.4) is 0 Å². The molecule has 3 unspecified atom stereocenters. The van der Waals surface area contributed by atoms with Crippen LogP contribution in [0.4, 0.5) is 11.4 Å². The Morgan fingerprint density at radius 2 is 1.86 bits per heavy atom. The second kappa shape index (κ2) is 7.26. The fourth-order valence-corrected chi connectivity index (χ4v) is 4.83. The number of nitrogens with zero attached hydrogens (tertiary/aromatic N) is 2. The molecule has 148 valence electrons. The fourth-order valence-electron chi connectivity index (χ4n) is 4.83. The number of hydrogen-bond donors (Lipinski definition) is 2. The molecule has 8 heteroatoms. The summed E-state index contributed by atoms with van der Waals surface area (Å²) in [7, 11) is 0. The Balaban J connectivity index is 1.42. The molecule has 2 heterocycles. The molecular weight excluding hydrogens is 362 g/mol. The van der Waals surface area contributed by atoms with Crippen molar-refractivity contribution in [1.29, 1.82) is 0 Å². The summed E-state index contributed by atoms with van der Waals surface area (Å²) < 4.78 is 0. The molecule has 0 radical (unpaired) electrons. The third kappa shape index (κ3) is 3.23. The third-order valence-electron chi connectivity index (χ3n) is 6.09. The van der Waals surface area contributed by atoms with E-state index < -0.39 is 12.0 Å². The number of para-hydroxylation sites is 2. The Kier molecular flexibility index (Phi) is 4.78. The van der Waals surface area contributed by atoms with Crippen molar-refractivity contribution in [3.63, 3.8) is 0 Å². The standard InChI is InChI=1S/C20H23N3O5/c24-16-11-22(15-7-2-1-6-14(15)21-16)17(25)8-9-18(26)23-10-12-4-3-5-13(12)19(23)20(27)28/h1-2,6-7,12-13,19H,3-5,8-11H2,(H,21,24)(H,27,28). The highest BCUT2D eigenvalue weighted by molar-refractivity contribution is 6.10. The first-order chi connectivity index (χ1) is 13.5. The first-order valence-electron chi connectivity index (χ1n) is 9.67. The third-order valence-corrected chi connectivity index (χ3v) is 6.09. The van der Waals surface area contributed by atoms with Crippen molar-refractivity contribution in [2.75, 3.05) is 23.3 Å². The van der Waals surface area contributed by atoms with Crippen LogP contribution in [0.1, 0.15) is 32.1 Å². The largest absolute Gasteiger partial charge is 0.480 e. The van der Waals surface area contributed by atoms with E-state index in [0.29, 0.717) is 17.9 Å². The molecule has 0 aromatic heterocycles. The molecule has 3 aliphatic rings. The number of nitrogens with one attached hydrogen (secondary N) is 1. The topological polar surface area (TPSA) is 107 Å². The maximum absolute atomic E-state index is 12.7. The van der Waals surface area contributed by atoms with Crippen LogP contribution in [0.5, 0.6) is 0 Å². The second-order valence-electron chi connectivity index (χ2n) is 7.73.